The van der Waals surface area contributed by atoms with Gasteiger partial charge >= 0.3 is 5.97 Å². The zero-order valence-corrected chi connectivity index (χ0v) is 12.9. The van der Waals surface area contributed by atoms with E-state index in [1.165, 1.54) is 0 Å². The van der Waals surface area contributed by atoms with Crippen LogP contribution in [0.2, 0.25) is 0 Å². The summed E-state index contributed by atoms with van der Waals surface area (Å²) in [6.45, 7) is 7.86. The van der Waals surface area contributed by atoms with Crippen molar-refractivity contribution < 1.29 is 14.7 Å². The summed E-state index contributed by atoms with van der Waals surface area (Å²) < 4.78 is 0. The monoisotopic (exact) mass is 281 g/mol. The van der Waals surface area contributed by atoms with Gasteiger partial charge in [-0.1, -0.05) is 0 Å². The Morgan fingerprint density at radius 2 is 1.85 bits per heavy atom. The van der Waals surface area contributed by atoms with E-state index in [1.54, 1.807) is 13.8 Å². The molecule has 1 heterocycles. The van der Waals surface area contributed by atoms with E-state index in [-0.39, 0.29) is 17.1 Å². The van der Waals surface area contributed by atoms with E-state index in [2.05, 4.69) is 10.3 Å². The number of hydrogen-bond donors (Lipinski definition) is 3. The number of carbonyl (C=O) groups excluding carboxylic acids is 1. The van der Waals surface area contributed by atoms with Crippen LogP contribution in [-0.2, 0) is 0 Å². The van der Waals surface area contributed by atoms with Gasteiger partial charge in [-0.2, -0.15) is 0 Å². The molecule has 1 aromatic heterocycles. The lowest BCUT2D eigenvalue weighted by Gasteiger charge is -2.32. The lowest BCUT2D eigenvalue weighted by atomic mass is 10.0. The first-order valence-electron chi connectivity index (χ1n) is 6.46. The second-order valence-electron chi connectivity index (χ2n) is 5.82. The first-order chi connectivity index (χ1) is 9.08. The number of aromatic nitrogens is 1. The largest absolute Gasteiger partial charge is 0.477 e. The number of amides is 1. The molecule has 3 N–H and O–H groups in total. The molecule has 0 unspecified atom stereocenters. The quantitative estimate of drug-likeness (QED) is 0.761. The standard InChI is InChI=1S/C14H23N3O3/c1-8-10(9(2)16-11(8)13(19)20)12(18)15-7-14(3,4)17(5)6/h16H,7H2,1-6H3,(H,15,18)(H,19,20). The Kier molecular flexibility index (Phi) is 4.60. The van der Waals surface area contributed by atoms with Gasteiger partial charge in [0, 0.05) is 17.8 Å². The van der Waals surface area contributed by atoms with E-state index in [1.807, 2.05) is 32.8 Å². The molecule has 0 fully saturated rings. The number of aromatic carboxylic acids is 1. The van der Waals surface area contributed by atoms with E-state index in [9.17, 15) is 9.59 Å². The van der Waals surface area contributed by atoms with Gasteiger partial charge < -0.3 is 20.3 Å². The lowest BCUT2D eigenvalue weighted by molar-refractivity contribution is 0.0690. The molecule has 0 bridgehead atoms. The van der Waals surface area contributed by atoms with Crippen molar-refractivity contribution in [1.82, 2.24) is 15.2 Å². The van der Waals surface area contributed by atoms with Crippen molar-refractivity contribution in [1.29, 1.82) is 0 Å². The lowest BCUT2D eigenvalue weighted by Crippen LogP contribution is -2.48. The molecule has 6 nitrogen and oxygen atoms in total. The Balaban J connectivity index is 2.92. The number of rotatable bonds is 5. The molecule has 1 rings (SSSR count). The van der Waals surface area contributed by atoms with Crippen molar-refractivity contribution in [2.75, 3.05) is 20.6 Å². The molecule has 1 amide bonds. The molecule has 0 aromatic carbocycles. The van der Waals surface area contributed by atoms with E-state index in [0.29, 0.717) is 23.4 Å². The van der Waals surface area contributed by atoms with E-state index >= 15 is 0 Å². The summed E-state index contributed by atoms with van der Waals surface area (Å²) in [7, 11) is 3.89. The van der Waals surface area contributed by atoms with Crippen molar-refractivity contribution in [3.63, 3.8) is 0 Å². The van der Waals surface area contributed by atoms with Crippen molar-refractivity contribution in [2.24, 2.45) is 0 Å². The minimum atomic E-state index is -1.06. The van der Waals surface area contributed by atoms with Crippen LogP contribution < -0.4 is 5.32 Å². The van der Waals surface area contributed by atoms with Crippen LogP contribution in [0.3, 0.4) is 0 Å². The van der Waals surface area contributed by atoms with Gasteiger partial charge in [-0.05, 0) is 47.4 Å². The Morgan fingerprint density at radius 3 is 2.25 bits per heavy atom. The van der Waals surface area contributed by atoms with Crippen molar-refractivity contribution >= 4 is 11.9 Å². The normalized spacial score (nSPS) is 11.8. The highest BCUT2D eigenvalue weighted by Crippen LogP contribution is 2.18. The number of likely N-dealkylation sites (N-methyl/N-ethyl adjacent to an activating group) is 1. The topological polar surface area (TPSA) is 85.4 Å². The minimum absolute atomic E-state index is 0.0690. The van der Waals surface area contributed by atoms with Crippen LogP contribution in [0.25, 0.3) is 0 Å². The molecule has 112 valence electrons. The number of hydrogen-bond acceptors (Lipinski definition) is 3. The van der Waals surface area contributed by atoms with Gasteiger partial charge in [-0.15, -0.1) is 0 Å². The molecule has 0 atom stereocenters. The highest BCUT2D eigenvalue weighted by atomic mass is 16.4. The molecular weight excluding hydrogens is 258 g/mol. The van der Waals surface area contributed by atoms with Gasteiger partial charge in [0.05, 0.1) is 5.56 Å². The van der Waals surface area contributed by atoms with Crippen molar-refractivity contribution in [3.05, 3.63) is 22.5 Å². The number of carbonyl (C=O) groups is 2. The SMILES string of the molecule is Cc1[nH]c(C(=O)O)c(C)c1C(=O)NCC(C)(C)N(C)C. The van der Waals surface area contributed by atoms with Crippen LogP contribution >= 0.6 is 0 Å². The van der Waals surface area contributed by atoms with Gasteiger partial charge in [0.25, 0.3) is 5.91 Å². The van der Waals surface area contributed by atoms with Crippen LogP contribution in [0.4, 0.5) is 0 Å². The summed E-state index contributed by atoms with van der Waals surface area (Å²) in [5.74, 6) is -1.31. The Morgan fingerprint density at radius 1 is 1.30 bits per heavy atom. The number of H-pyrrole nitrogens is 1. The van der Waals surface area contributed by atoms with Crippen LogP contribution in [0, 0.1) is 13.8 Å². The third kappa shape index (κ3) is 3.19. The predicted octanol–water partition coefficient (Wildman–Crippen LogP) is 1.40. The highest BCUT2D eigenvalue weighted by molar-refractivity contribution is 6.00. The first kappa shape index (κ1) is 16.2. The molecule has 0 saturated heterocycles. The Bertz CT molecular complexity index is 530. The summed E-state index contributed by atoms with van der Waals surface area (Å²) in [6.07, 6.45) is 0. The first-order valence-corrected chi connectivity index (χ1v) is 6.46. The fraction of sp³-hybridized carbons (Fsp3) is 0.571. The number of aromatic amines is 1. The molecule has 0 spiro atoms. The van der Waals surface area contributed by atoms with Gasteiger partial charge in [-0.25, -0.2) is 4.79 Å². The predicted molar refractivity (Wildman–Crippen MR) is 77.3 cm³/mol. The van der Waals surface area contributed by atoms with Crippen LogP contribution in [0.5, 0.6) is 0 Å². The Labute approximate surface area is 119 Å². The molecule has 0 aliphatic carbocycles. The third-order valence-electron chi connectivity index (χ3n) is 3.77. The van der Waals surface area contributed by atoms with Crippen molar-refractivity contribution in [2.45, 2.75) is 33.2 Å². The highest BCUT2D eigenvalue weighted by Gasteiger charge is 2.25. The summed E-state index contributed by atoms with van der Waals surface area (Å²) in [5.41, 5.74) is 1.34. The zero-order chi connectivity index (χ0) is 15.7. The van der Waals surface area contributed by atoms with E-state index in [0.717, 1.165) is 0 Å². The van der Waals surface area contributed by atoms with Crippen LogP contribution in [0.15, 0.2) is 0 Å². The van der Waals surface area contributed by atoms with Gasteiger partial charge in [0.2, 0.25) is 0 Å². The van der Waals surface area contributed by atoms with Gasteiger partial charge in [-0.3, -0.25) is 4.79 Å². The molecule has 0 radical (unpaired) electrons. The molecule has 0 aliphatic heterocycles. The molecule has 6 heteroatoms. The third-order valence-corrected chi connectivity index (χ3v) is 3.77. The van der Waals surface area contributed by atoms with Gasteiger partial charge in [0.1, 0.15) is 5.69 Å². The molecule has 20 heavy (non-hydrogen) atoms. The van der Waals surface area contributed by atoms with E-state index < -0.39 is 5.97 Å². The van der Waals surface area contributed by atoms with Crippen LogP contribution in [-0.4, -0.2) is 53.0 Å². The zero-order valence-electron chi connectivity index (χ0n) is 12.9. The second-order valence-corrected chi connectivity index (χ2v) is 5.82. The number of nitrogens with zero attached hydrogens (tertiary/aromatic N) is 1. The average Bonchev–Trinajstić information content (AvgIpc) is 2.62. The summed E-state index contributed by atoms with van der Waals surface area (Å²) in [4.78, 5) is 28.1. The maximum Gasteiger partial charge on any atom is 0.352 e. The minimum Gasteiger partial charge on any atom is -0.477 e. The summed E-state index contributed by atoms with van der Waals surface area (Å²) in [5, 5.41) is 11.9. The second kappa shape index (κ2) is 5.66. The number of carboxylic acids is 1. The number of carboxylic acid groups (broad SMARTS) is 1. The number of nitrogens with one attached hydrogen (secondary N) is 2. The molecule has 0 aliphatic rings. The number of aryl methyl sites for hydroxylation is 1. The maximum absolute atomic E-state index is 12.2. The molecule has 1 aromatic rings. The van der Waals surface area contributed by atoms with E-state index in [4.69, 9.17) is 5.11 Å². The maximum atomic E-state index is 12.2. The van der Waals surface area contributed by atoms with Gasteiger partial charge in [0.15, 0.2) is 0 Å². The fourth-order valence-corrected chi connectivity index (χ4v) is 1.85. The molecular formula is C14H23N3O3. The summed E-state index contributed by atoms with van der Waals surface area (Å²) in [6, 6.07) is 0. The smallest absolute Gasteiger partial charge is 0.352 e. The average molecular weight is 281 g/mol. The molecule has 0 saturated carbocycles. The van der Waals surface area contributed by atoms with Crippen LogP contribution in [0.1, 0.15) is 46.0 Å². The summed E-state index contributed by atoms with van der Waals surface area (Å²) >= 11 is 0. The Hall–Kier alpha value is -1.82. The fourth-order valence-electron chi connectivity index (χ4n) is 1.85. The van der Waals surface area contributed by atoms with Crippen molar-refractivity contribution in [3.8, 4) is 0 Å².